The quantitative estimate of drug-likeness (QED) is 0.522. The lowest BCUT2D eigenvalue weighted by Gasteiger charge is -2.40. The summed E-state index contributed by atoms with van der Waals surface area (Å²) < 4.78 is 10.3. The van der Waals surface area contributed by atoms with E-state index in [1.165, 1.54) is 24.3 Å². The molecule has 146 valence electrons. The van der Waals surface area contributed by atoms with E-state index in [9.17, 15) is 24.9 Å². The van der Waals surface area contributed by atoms with Gasteiger partial charge in [-0.05, 0) is 30.3 Å². The van der Waals surface area contributed by atoms with E-state index in [1.807, 2.05) is 0 Å². The molecular weight excluding hydrogens is 364 g/mol. The zero-order chi connectivity index (χ0) is 20.1. The van der Waals surface area contributed by atoms with Gasteiger partial charge in [0.25, 0.3) is 0 Å². The van der Waals surface area contributed by atoms with Crippen LogP contribution in [0.15, 0.2) is 72.8 Å². The lowest BCUT2D eigenvalue weighted by Crippen LogP contribution is -2.61. The first-order valence-corrected chi connectivity index (χ1v) is 8.67. The van der Waals surface area contributed by atoms with Gasteiger partial charge in [-0.3, -0.25) is 0 Å². The van der Waals surface area contributed by atoms with Crippen molar-refractivity contribution in [2.45, 2.75) is 23.9 Å². The van der Waals surface area contributed by atoms with Crippen LogP contribution in [0.3, 0.4) is 0 Å². The van der Waals surface area contributed by atoms with Crippen molar-refractivity contribution in [3.8, 4) is 0 Å². The Morgan fingerprint density at radius 3 is 1.96 bits per heavy atom. The molecule has 0 radical (unpaired) electrons. The topological polar surface area (TPSA) is 113 Å². The molecule has 1 aliphatic rings. The van der Waals surface area contributed by atoms with E-state index in [-0.39, 0.29) is 11.1 Å². The van der Waals surface area contributed by atoms with Crippen molar-refractivity contribution in [1.82, 2.24) is 0 Å². The second-order valence-electron chi connectivity index (χ2n) is 6.44. The first-order chi connectivity index (χ1) is 13.4. The second-order valence-corrected chi connectivity index (χ2v) is 6.44. The number of aliphatic hydroxyl groups is 3. The first-order valence-electron chi connectivity index (χ1n) is 8.67. The Kier molecular flexibility index (Phi) is 5.89. The molecule has 2 aromatic rings. The summed E-state index contributed by atoms with van der Waals surface area (Å²) in [6.45, 7) is -0.688. The third-order valence-electron chi connectivity index (χ3n) is 4.52. The molecule has 0 fully saturated rings. The molecule has 3 N–H and O–H groups in total. The minimum Gasteiger partial charge on any atom is -0.459 e. The van der Waals surface area contributed by atoms with Crippen molar-refractivity contribution in [1.29, 1.82) is 0 Å². The van der Waals surface area contributed by atoms with Crippen LogP contribution in [0.5, 0.6) is 0 Å². The summed E-state index contributed by atoms with van der Waals surface area (Å²) in [5, 5.41) is 31.4. The molecule has 1 aliphatic carbocycles. The Labute approximate surface area is 161 Å². The molecule has 0 heterocycles. The van der Waals surface area contributed by atoms with Crippen LogP contribution in [-0.4, -0.2) is 57.8 Å². The molecule has 7 heteroatoms. The number of rotatable bonds is 5. The average molecular weight is 384 g/mol. The predicted octanol–water partition coefficient (Wildman–Crippen LogP) is 1.09. The smallest absolute Gasteiger partial charge is 0.338 e. The molecule has 0 amide bonds. The number of esters is 2. The highest BCUT2D eigenvalue weighted by Gasteiger charge is 2.50. The Hall–Kier alpha value is -3.00. The maximum atomic E-state index is 12.2. The molecule has 0 spiro atoms. The lowest BCUT2D eigenvalue weighted by molar-refractivity contribution is -0.183. The fraction of sp³-hybridized carbons (Fsp3) is 0.238. The molecule has 28 heavy (non-hydrogen) atoms. The van der Waals surface area contributed by atoms with Gasteiger partial charge in [-0.25, -0.2) is 9.59 Å². The van der Waals surface area contributed by atoms with Crippen LogP contribution < -0.4 is 0 Å². The number of aliphatic hydroxyl groups excluding tert-OH is 2. The van der Waals surface area contributed by atoms with E-state index in [0.29, 0.717) is 0 Å². The number of carbonyl (C=O) groups is 2. The maximum Gasteiger partial charge on any atom is 0.338 e. The largest absolute Gasteiger partial charge is 0.459 e. The van der Waals surface area contributed by atoms with E-state index < -0.39 is 42.5 Å². The van der Waals surface area contributed by atoms with Crippen LogP contribution in [0, 0.1) is 0 Å². The molecular formula is C21H20O7. The molecule has 0 unspecified atom stereocenters. The van der Waals surface area contributed by atoms with E-state index in [2.05, 4.69) is 0 Å². The summed E-state index contributed by atoms with van der Waals surface area (Å²) in [6, 6.07) is 16.2. The number of hydrogen-bond donors (Lipinski definition) is 3. The van der Waals surface area contributed by atoms with Crippen LogP contribution in [0.2, 0.25) is 0 Å². The number of carbonyl (C=O) groups excluding carboxylic acids is 2. The van der Waals surface area contributed by atoms with Gasteiger partial charge in [0, 0.05) is 0 Å². The van der Waals surface area contributed by atoms with Crippen LogP contribution in [0.4, 0.5) is 0 Å². The van der Waals surface area contributed by atoms with Gasteiger partial charge in [0.05, 0.1) is 11.1 Å². The number of hydrogen-bond acceptors (Lipinski definition) is 7. The summed E-state index contributed by atoms with van der Waals surface area (Å²) in [5.74, 6) is -1.42. The average Bonchev–Trinajstić information content (AvgIpc) is 2.74. The van der Waals surface area contributed by atoms with Crippen LogP contribution in [0.25, 0.3) is 0 Å². The van der Waals surface area contributed by atoms with E-state index >= 15 is 0 Å². The summed E-state index contributed by atoms with van der Waals surface area (Å²) in [4.78, 5) is 24.3. The Morgan fingerprint density at radius 2 is 1.39 bits per heavy atom. The van der Waals surface area contributed by atoms with Gasteiger partial charge in [-0.2, -0.15) is 0 Å². The monoisotopic (exact) mass is 384 g/mol. The Balaban J connectivity index is 1.69. The summed E-state index contributed by atoms with van der Waals surface area (Å²) in [5.41, 5.74) is -1.71. The first kappa shape index (κ1) is 19.8. The minimum atomic E-state index is -2.24. The highest BCUT2D eigenvalue weighted by molar-refractivity contribution is 5.90. The highest BCUT2D eigenvalue weighted by atomic mass is 16.6. The van der Waals surface area contributed by atoms with Crippen molar-refractivity contribution >= 4 is 11.9 Å². The third kappa shape index (κ3) is 4.12. The minimum absolute atomic E-state index is 0.258. The molecule has 0 saturated carbocycles. The molecule has 0 saturated heterocycles. The van der Waals surface area contributed by atoms with Gasteiger partial charge in [0.1, 0.15) is 24.9 Å². The zero-order valence-electron chi connectivity index (χ0n) is 14.8. The van der Waals surface area contributed by atoms with E-state index in [1.54, 1.807) is 48.5 Å². The summed E-state index contributed by atoms with van der Waals surface area (Å²) in [7, 11) is 0. The molecule has 2 aromatic carbocycles. The lowest BCUT2D eigenvalue weighted by atomic mass is 9.83. The maximum absolute atomic E-state index is 12.2. The van der Waals surface area contributed by atoms with Gasteiger partial charge >= 0.3 is 11.9 Å². The normalized spacial score (nSPS) is 26.5. The molecule has 3 rings (SSSR count). The predicted molar refractivity (Wildman–Crippen MR) is 98.5 cm³/mol. The fourth-order valence-electron chi connectivity index (χ4n) is 2.83. The number of ether oxygens (including phenoxy) is 2. The SMILES string of the molecule is O=C(OC[C@@]1(O)[C@H](O)C=C[C@H](OC(=O)c2ccccc2)[C@@H]1O)c1ccccc1. The van der Waals surface area contributed by atoms with Gasteiger partial charge in [0.2, 0.25) is 0 Å². The van der Waals surface area contributed by atoms with Gasteiger partial charge in [-0.1, -0.05) is 42.5 Å². The molecule has 4 atom stereocenters. The second kappa shape index (κ2) is 8.35. The van der Waals surface area contributed by atoms with E-state index in [0.717, 1.165) is 0 Å². The van der Waals surface area contributed by atoms with Crippen molar-refractivity contribution in [3.05, 3.63) is 83.9 Å². The molecule has 0 bridgehead atoms. The summed E-state index contributed by atoms with van der Waals surface area (Å²) in [6.07, 6.45) is -1.98. The highest BCUT2D eigenvalue weighted by Crippen LogP contribution is 2.28. The number of benzene rings is 2. The fourth-order valence-corrected chi connectivity index (χ4v) is 2.83. The van der Waals surface area contributed by atoms with E-state index in [4.69, 9.17) is 9.47 Å². The van der Waals surface area contributed by atoms with Crippen molar-refractivity contribution in [2.75, 3.05) is 6.61 Å². The third-order valence-corrected chi connectivity index (χ3v) is 4.52. The van der Waals surface area contributed by atoms with Crippen molar-refractivity contribution in [2.24, 2.45) is 0 Å². The van der Waals surface area contributed by atoms with Crippen molar-refractivity contribution in [3.63, 3.8) is 0 Å². The van der Waals surface area contributed by atoms with Crippen LogP contribution >= 0.6 is 0 Å². The standard InChI is InChI=1S/C21H20O7/c22-17-12-11-16(28-20(25)15-9-5-2-6-10-15)18(23)21(17,26)13-27-19(24)14-7-3-1-4-8-14/h1-12,16-18,22-23,26H,13H2/t16-,17+,18-,21+/m0/s1. The van der Waals surface area contributed by atoms with Crippen LogP contribution in [0.1, 0.15) is 20.7 Å². The molecule has 7 nitrogen and oxygen atoms in total. The van der Waals surface area contributed by atoms with Crippen LogP contribution in [-0.2, 0) is 9.47 Å². The Morgan fingerprint density at radius 1 is 0.857 bits per heavy atom. The Bertz CT molecular complexity index is 850. The van der Waals surface area contributed by atoms with Gasteiger partial charge < -0.3 is 24.8 Å². The summed E-state index contributed by atoms with van der Waals surface area (Å²) >= 11 is 0. The van der Waals surface area contributed by atoms with Gasteiger partial charge in [0.15, 0.2) is 5.60 Å². The molecule has 0 aliphatic heterocycles. The molecule has 0 aromatic heterocycles. The van der Waals surface area contributed by atoms with Crippen molar-refractivity contribution < 1.29 is 34.4 Å². The zero-order valence-corrected chi connectivity index (χ0v) is 14.8. The van der Waals surface area contributed by atoms with Gasteiger partial charge in [-0.15, -0.1) is 0 Å².